The van der Waals surface area contributed by atoms with Crippen molar-refractivity contribution in [3.8, 4) is 0 Å². The lowest BCUT2D eigenvalue weighted by Gasteiger charge is -2.04. The summed E-state index contributed by atoms with van der Waals surface area (Å²) in [5.41, 5.74) is 0. The largest absolute Gasteiger partial charge is 0.368 e. The molecule has 0 atom stereocenters. The molecule has 0 spiro atoms. The van der Waals surface area contributed by atoms with E-state index in [1.807, 2.05) is 0 Å². The number of hydrogen-bond acceptors (Lipinski definition) is 4. The zero-order chi connectivity index (χ0) is 10.5. The van der Waals surface area contributed by atoms with Crippen LogP contribution in [0.3, 0.4) is 0 Å². The summed E-state index contributed by atoms with van der Waals surface area (Å²) < 4.78 is 14.2. The first-order chi connectivity index (χ1) is 7.34. The molecule has 6 heteroatoms. The smallest absolute Gasteiger partial charge is 0.141 e. The Labute approximate surface area is 85.9 Å². The third-order valence-electron chi connectivity index (χ3n) is 1.85. The highest BCUT2D eigenvalue weighted by molar-refractivity contribution is 5.33. The van der Waals surface area contributed by atoms with Crippen LogP contribution in [-0.2, 0) is 6.54 Å². The summed E-state index contributed by atoms with van der Waals surface area (Å²) in [6, 6.07) is 2.96. The molecule has 2 rings (SSSR count). The number of hydrogen-bond donors (Lipinski definition) is 1. The van der Waals surface area contributed by atoms with Gasteiger partial charge in [-0.15, -0.1) is 5.10 Å². The summed E-state index contributed by atoms with van der Waals surface area (Å²) in [6.45, 7) is 1.36. The first-order valence-electron chi connectivity index (χ1n) is 4.54. The van der Waals surface area contributed by atoms with Gasteiger partial charge in [0, 0.05) is 12.7 Å². The fraction of sp³-hybridized carbons (Fsp3) is 0.222. The Morgan fingerprint density at radius 2 is 2.33 bits per heavy atom. The van der Waals surface area contributed by atoms with E-state index in [1.54, 1.807) is 23.1 Å². The van der Waals surface area contributed by atoms with Gasteiger partial charge in [-0.1, -0.05) is 5.21 Å². The molecule has 0 unspecified atom stereocenters. The van der Waals surface area contributed by atoms with E-state index in [0.29, 0.717) is 18.9 Å². The highest BCUT2D eigenvalue weighted by atomic mass is 19.1. The minimum atomic E-state index is -0.336. The maximum Gasteiger partial charge on any atom is 0.141 e. The van der Waals surface area contributed by atoms with E-state index in [2.05, 4.69) is 20.6 Å². The van der Waals surface area contributed by atoms with Gasteiger partial charge in [0.25, 0.3) is 0 Å². The van der Waals surface area contributed by atoms with Gasteiger partial charge in [0.2, 0.25) is 0 Å². The predicted octanol–water partition coefficient (Wildman–Crippen LogP) is 0.924. The van der Waals surface area contributed by atoms with Crippen molar-refractivity contribution in [1.29, 1.82) is 0 Å². The topological polar surface area (TPSA) is 55.6 Å². The highest BCUT2D eigenvalue weighted by Crippen LogP contribution is 2.02. The molecule has 78 valence electrons. The van der Waals surface area contributed by atoms with Crippen LogP contribution in [0.1, 0.15) is 0 Å². The molecule has 1 N–H and O–H groups in total. The van der Waals surface area contributed by atoms with Crippen molar-refractivity contribution >= 4 is 5.82 Å². The van der Waals surface area contributed by atoms with Gasteiger partial charge in [-0.05, 0) is 12.1 Å². The average Bonchev–Trinajstić information content (AvgIpc) is 2.74. The van der Waals surface area contributed by atoms with Gasteiger partial charge in [-0.25, -0.2) is 9.37 Å². The lowest BCUT2D eigenvalue weighted by molar-refractivity contribution is 0.606. The summed E-state index contributed by atoms with van der Waals surface area (Å²) in [5, 5.41) is 10.5. The molecule has 0 fully saturated rings. The summed E-state index contributed by atoms with van der Waals surface area (Å²) in [5.74, 6) is 0.313. The number of pyridine rings is 1. The van der Waals surface area contributed by atoms with Gasteiger partial charge < -0.3 is 5.32 Å². The summed E-state index contributed by atoms with van der Waals surface area (Å²) >= 11 is 0. The van der Waals surface area contributed by atoms with Crippen molar-refractivity contribution in [1.82, 2.24) is 20.0 Å². The molecule has 0 saturated carbocycles. The van der Waals surface area contributed by atoms with Crippen LogP contribution in [-0.4, -0.2) is 26.5 Å². The maximum atomic E-state index is 12.5. The van der Waals surface area contributed by atoms with E-state index in [9.17, 15) is 4.39 Å². The zero-order valence-electron chi connectivity index (χ0n) is 7.97. The van der Waals surface area contributed by atoms with Crippen LogP contribution in [0.2, 0.25) is 0 Å². The second-order valence-corrected chi connectivity index (χ2v) is 2.95. The van der Waals surface area contributed by atoms with E-state index in [4.69, 9.17) is 0 Å². The zero-order valence-corrected chi connectivity index (χ0v) is 7.97. The molecule has 15 heavy (non-hydrogen) atoms. The Morgan fingerprint density at radius 3 is 3.00 bits per heavy atom. The number of nitrogens with zero attached hydrogens (tertiary/aromatic N) is 4. The van der Waals surface area contributed by atoms with E-state index < -0.39 is 0 Å². The normalized spacial score (nSPS) is 10.2. The maximum absolute atomic E-state index is 12.5. The van der Waals surface area contributed by atoms with E-state index >= 15 is 0 Å². The Morgan fingerprint density at radius 1 is 1.40 bits per heavy atom. The molecule has 5 nitrogen and oxygen atoms in total. The van der Waals surface area contributed by atoms with Crippen LogP contribution < -0.4 is 5.32 Å². The summed E-state index contributed by atoms with van der Waals surface area (Å²) in [6.07, 6.45) is 4.58. The van der Waals surface area contributed by atoms with Crippen LogP contribution in [0.25, 0.3) is 0 Å². The standard InChI is InChI=1S/C9H10FN5/c10-8-1-2-9(12-7-8)11-3-5-15-6-4-13-14-15/h1-2,4,6-7H,3,5H2,(H,11,12). The fourth-order valence-corrected chi connectivity index (χ4v) is 1.13. The third-order valence-corrected chi connectivity index (χ3v) is 1.85. The Bertz CT molecular complexity index is 397. The van der Waals surface area contributed by atoms with Gasteiger partial charge in [-0.3, -0.25) is 4.68 Å². The molecule has 0 amide bonds. The third kappa shape index (κ3) is 2.73. The second-order valence-electron chi connectivity index (χ2n) is 2.95. The molecule has 0 bridgehead atoms. The highest BCUT2D eigenvalue weighted by Gasteiger charge is 1.95. The molecule has 0 aliphatic carbocycles. The summed E-state index contributed by atoms with van der Waals surface area (Å²) in [4.78, 5) is 3.87. The van der Waals surface area contributed by atoms with E-state index in [0.717, 1.165) is 0 Å². The van der Waals surface area contributed by atoms with Crippen LogP contribution in [0.15, 0.2) is 30.7 Å². The molecule has 2 aromatic rings. The van der Waals surface area contributed by atoms with Crippen molar-refractivity contribution < 1.29 is 4.39 Å². The molecule has 2 aromatic heterocycles. The predicted molar refractivity (Wildman–Crippen MR) is 52.7 cm³/mol. The molecule has 0 aliphatic heterocycles. The molecule has 0 saturated heterocycles. The van der Waals surface area contributed by atoms with Crippen LogP contribution in [0.4, 0.5) is 10.2 Å². The minimum absolute atomic E-state index is 0.336. The van der Waals surface area contributed by atoms with Gasteiger partial charge in [-0.2, -0.15) is 0 Å². The first kappa shape index (κ1) is 9.57. The molecule has 0 radical (unpaired) electrons. The van der Waals surface area contributed by atoms with Gasteiger partial charge in [0.1, 0.15) is 11.6 Å². The van der Waals surface area contributed by atoms with Gasteiger partial charge in [0.15, 0.2) is 0 Å². The van der Waals surface area contributed by atoms with Crippen molar-refractivity contribution in [2.75, 3.05) is 11.9 Å². The van der Waals surface area contributed by atoms with Crippen molar-refractivity contribution in [2.24, 2.45) is 0 Å². The SMILES string of the molecule is Fc1ccc(NCCn2ccnn2)nc1. The van der Waals surface area contributed by atoms with Crippen LogP contribution >= 0.6 is 0 Å². The fourth-order valence-electron chi connectivity index (χ4n) is 1.13. The molecule has 2 heterocycles. The number of anilines is 1. The molecule has 0 aliphatic rings. The summed E-state index contributed by atoms with van der Waals surface area (Å²) in [7, 11) is 0. The van der Waals surface area contributed by atoms with Gasteiger partial charge >= 0.3 is 0 Å². The first-order valence-corrected chi connectivity index (χ1v) is 4.54. The molecular formula is C9H10FN5. The number of nitrogens with one attached hydrogen (secondary N) is 1. The lowest BCUT2D eigenvalue weighted by atomic mass is 10.4. The average molecular weight is 207 g/mol. The lowest BCUT2D eigenvalue weighted by Crippen LogP contribution is -2.11. The monoisotopic (exact) mass is 207 g/mol. The Kier molecular flexibility index (Phi) is 2.87. The molecule has 0 aromatic carbocycles. The minimum Gasteiger partial charge on any atom is -0.368 e. The van der Waals surface area contributed by atoms with Crippen LogP contribution in [0, 0.1) is 5.82 Å². The Hall–Kier alpha value is -1.98. The van der Waals surface area contributed by atoms with E-state index in [-0.39, 0.29) is 5.82 Å². The number of halogens is 1. The van der Waals surface area contributed by atoms with Crippen molar-refractivity contribution in [3.05, 3.63) is 36.5 Å². The van der Waals surface area contributed by atoms with Crippen molar-refractivity contribution in [3.63, 3.8) is 0 Å². The Balaban J connectivity index is 1.81. The second kappa shape index (κ2) is 4.50. The van der Waals surface area contributed by atoms with E-state index in [1.165, 1.54) is 12.3 Å². The number of aromatic nitrogens is 4. The number of rotatable bonds is 4. The molecular weight excluding hydrogens is 197 g/mol. The van der Waals surface area contributed by atoms with Crippen molar-refractivity contribution in [2.45, 2.75) is 6.54 Å². The quantitative estimate of drug-likeness (QED) is 0.810. The van der Waals surface area contributed by atoms with Crippen LogP contribution in [0.5, 0.6) is 0 Å². The van der Waals surface area contributed by atoms with Gasteiger partial charge in [0.05, 0.1) is 18.9 Å².